The van der Waals surface area contributed by atoms with Gasteiger partial charge < -0.3 is 9.80 Å². The van der Waals surface area contributed by atoms with Gasteiger partial charge >= 0.3 is 0 Å². The number of nitrogens with zero attached hydrogens (tertiary/aromatic N) is 6. The predicted molar refractivity (Wildman–Crippen MR) is 116 cm³/mol. The van der Waals surface area contributed by atoms with Crippen molar-refractivity contribution in [1.29, 1.82) is 0 Å². The Hall–Kier alpha value is -3.25. The van der Waals surface area contributed by atoms with E-state index in [0.29, 0.717) is 11.9 Å². The number of pyridine rings is 1. The van der Waals surface area contributed by atoms with E-state index >= 15 is 0 Å². The summed E-state index contributed by atoms with van der Waals surface area (Å²) in [4.78, 5) is 13.8. The second kappa shape index (κ2) is 7.29. The largest absolute Gasteiger partial charge is 0.370 e. The molecule has 0 aliphatic carbocycles. The zero-order valence-electron chi connectivity index (χ0n) is 16.7. The molecule has 6 nitrogen and oxygen atoms in total. The third-order valence-corrected chi connectivity index (χ3v) is 5.75. The first-order valence-electron chi connectivity index (χ1n) is 9.96. The fourth-order valence-electron chi connectivity index (χ4n) is 4.00. The third-order valence-electron chi connectivity index (χ3n) is 5.75. The van der Waals surface area contributed by atoms with Crippen LogP contribution >= 0.6 is 0 Å². The Morgan fingerprint density at radius 2 is 1.79 bits per heavy atom. The SMILES string of the molecule is CN(C)C1CCN(c2ccc(-c3ncn(-c4nccc5ccccc45)n3)cc2)C1. The molecule has 146 valence electrons. The zero-order valence-corrected chi connectivity index (χ0v) is 16.7. The first kappa shape index (κ1) is 17.8. The van der Waals surface area contributed by atoms with Gasteiger partial charge in [-0.15, -0.1) is 5.10 Å². The lowest BCUT2D eigenvalue weighted by atomic mass is 10.1. The van der Waals surface area contributed by atoms with Crippen molar-refractivity contribution in [3.8, 4) is 17.2 Å². The van der Waals surface area contributed by atoms with Gasteiger partial charge in [0.05, 0.1) is 0 Å². The van der Waals surface area contributed by atoms with Gasteiger partial charge in [0.15, 0.2) is 11.6 Å². The fourth-order valence-corrected chi connectivity index (χ4v) is 4.00. The highest BCUT2D eigenvalue weighted by molar-refractivity contribution is 5.88. The molecule has 0 radical (unpaired) electrons. The van der Waals surface area contributed by atoms with E-state index in [1.807, 2.05) is 24.4 Å². The fraction of sp³-hybridized carbons (Fsp3) is 0.261. The van der Waals surface area contributed by atoms with Gasteiger partial charge in [-0.05, 0) is 56.2 Å². The molecule has 1 saturated heterocycles. The van der Waals surface area contributed by atoms with Crippen molar-refractivity contribution in [3.05, 3.63) is 67.1 Å². The first-order valence-corrected chi connectivity index (χ1v) is 9.96. The summed E-state index contributed by atoms with van der Waals surface area (Å²) < 4.78 is 1.76. The topological polar surface area (TPSA) is 50.1 Å². The predicted octanol–water partition coefficient (Wildman–Crippen LogP) is 3.62. The minimum absolute atomic E-state index is 0.625. The normalized spacial score (nSPS) is 16.8. The third kappa shape index (κ3) is 3.36. The highest BCUT2D eigenvalue weighted by Crippen LogP contribution is 2.26. The number of rotatable bonds is 4. The summed E-state index contributed by atoms with van der Waals surface area (Å²) in [5, 5.41) is 6.89. The number of likely N-dealkylation sites (N-methyl/N-ethyl adjacent to an activating group) is 1. The Kier molecular flexibility index (Phi) is 4.48. The summed E-state index contributed by atoms with van der Waals surface area (Å²) >= 11 is 0. The average Bonchev–Trinajstić information content (AvgIpc) is 3.44. The molecule has 0 N–H and O–H groups in total. The van der Waals surface area contributed by atoms with E-state index in [9.17, 15) is 0 Å². The Morgan fingerprint density at radius 3 is 2.59 bits per heavy atom. The van der Waals surface area contributed by atoms with Crippen LogP contribution in [-0.2, 0) is 0 Å². The molecule has 0 bridgehead atoms. The first-order chi connectivity index (χ1) is 14.2. The van der Waals surface area contributed by atoms with Crippen LogP contribution in [-0.4, -0.2) is 57.9 Å². The van der Waals surface area contributed by atoms with E-state index in [2.05, 4.69) is 75.4 Å². The summed E-state index contributed by atoms with van der Waals surface area (Å²) in [6.45, 7) is 2.17. The van der Waals surface area contributed by atoms with E-state index in [1.165, 1.54) is 12.1 Å². The summed E-state index contributed by atoms with van der Waals surface area (Å²) in [5.41, 5.74) is 2.27. The lowest BCUT2D eigenvalue weighted by Crippen LogP contribution is -2.31. The van der Waals surface area contributed by atoms with Crippen LogP contribution in [0.15, 0.2) is 67.1 Å². The van der Waals surface area contributed by atoms with Crippen molar-refractivity contribution in [3.63, 3.8) is 0 Å². The minimum Gasteiger partial charge on any atom is -0.370 e. The molecule has 2 aromatic carbocycles. The average molecular weight is 384 g/mol. The molecule has 6 heteroatoms. The van der Waals surface area contributed by atoms with E-state index in [4.69, 9.17) is 0 Å². The molecule has 4 aromatic rings. The Bertz CT molecular complexity index is 1130. The quantitative estimate of drug-likeness (QED) is 0.538. The van der Waals surface area contributed by atoms with Gasteiger partial charge in [0, 0.05) is 42.0 Å². The van der Waals surface area contributed by atoms with Gasteiger partial charge in [-0.25, -0.2) is 14.6 Å². The number of hydrogen-bond donors (Lipinski definition) is 0. The van der Waals surface area contributed by atoms with Crippen molar-refractivity contribution < 1.29 is 0 Å². The smallest absolute Gasteiger partial charge is 0.181 e. The van der Waals surface area contributed by atoms with Crippen LogP contribution in [0.1, 0.15) is 6.42 Å². The van der Waals surface area contributed by atoms with Crippen molar-refractivity contribution in [2.24, 2.45) is 0 Å². The Balaban J connectivity index is 1.40. The second-order valence-electron chi connectivity index (χ2n) is 7.77. The van der Waals surface area contributed by atoms with Gasteiger partial charge in [0.2, 0.25) is 0 Å². The van der Waals surface area contributed by atoms with Crippen molar-refractivity contribution >= 4 is 16.5 Å². The van der Waals surface area contributed by atoms with Gasteiger partial charge in [-0.3, -0.25) is 0 Å². The number of anilines is 1. The number of aromatic nitrogens is 4. The number of benzene rings is 2. The number of hydrogen-bond acceptors (Lipinski definition) is 5. The molecule has 1 fully saturated rings. The molecule has 1 atom stereocenters. The summed E-state index contributed by atoms with van der Waals surface area (Å²) in [7, 11) is 4.31. The lowest BCUT2D eigenvalue weighted by molar-refractivity contribution is 0.315. The van der Waals surface area contributed by atoms with Crippen LogP contribution in [0, 0.1) is 0 Å². The molecule has 0 spiro atoms. The summed E-state index contributed by atoms with van der Waals surface area (Å²) in [5.74, 6) is 1.50. The van der Waals surface area contributed by atoms with E-state index in [0.717, 1.165) is 35.2 Å². The van der Waals surface area contributed by atoms with Crippen LogP contribution in [0.3, 0.4) is 0 Å². The minimum atomic E-state index is 0.625. The standard InChI is InChI=1S/C23H24N6/c1-27(2)20-12-14-28(15-20)19-9-7-18(8-10-19)22-25-16-29(26-22)23-21-6-4-3-5-17(21)11-13-24-23/h3-11,13,16,20H,12,14-15H2,1-2H3. The summed E-state index contributed by atoms with van der Waals surface area (Å²) in [6.07, 6.45) is 4.75. The van der Waals surface area contributed by atoms with Gasteiger partial charge in [-0.1, -0.05) is 24.3 Å². The molecule has 0 saturated carbocycles. The van der Waals surface area contributed by atoms with E-state index in [-0.39, 0.29) is 0 Å². The number of fused-ring (bicyclic) bond motifs is 1. The van der Waals surface area contributed by atoms with Gasteiger partial charge in [0.1, 0.15) is 6.33 Å². The molecular formula is C23H24N6. The van der Waals surface area contributed by atoms with E-state index in [1.54, 1.807) is 11.0 Å². The Morgan fingerprint density at radius 1 is 0.966 bits per heavy atom. The lowest BCUT2D eigenvalue weighted by Gasteiger charge is -2.21. The molecule has 2 aromatic heterocycles. The molecule has 1 unspecified atom stereocenters. The molecular weight excluding hydrogens is 360 g/mol. The molecule has 29 heavy (non-hydrogen) atoms. The van der Waals surface area contributed by atoms with Gasteiger partial charge in [0.25, 0.3) is 0 Å². The maximum absolute atomic E-state index is 4.69. The summed E-state index contributed by atoms with van der Waals surface area (Å²) in [6, 6.07) is 19.4. The molecule has 3 heterocycles. The molecule has 5 rings (SSSR count). The maximum Gasteiger partial charge on any atom is 0.181 e. The Labute approximate surface area is 170 Å². The molecule has 0 amide bonds. The zero-order chi connectivity index (χ0) is 19.8. The molecule has 1 aliphatic heterocycles. The highest BCUT2D eigenvalue weighted by Gasteiger charge is 2.24. The second-order valence-corrected chi connectivity index (χ2v) is 7.77. The van der Waals surface area contributed by atoms with Crippen molar-refractivity contribution in [1.82, 2.24) is 24.6 Å². The molecule has 1 aliphatic rings. The maximum atomic E-state index is 4.69. The van der Waals surface area contributed by atoms with Crippen molar-refractivity contribution in [2.45, 2.75) is 12.5 Å². The van der Waals surface area contributed by atoms with Crippen LogP contribution in [0.2, 0.25) is 0 Å². The van der Waals surface area contributed by atoms with Crippen LogP contribution in [0.5, 0.6) is 0 Å². The van der Waals surface area contributed by atoms with Gasteiger partial charge in [-0.2, -0.15) is 0 Å². The monoisotopic (exact) mass is 384 g/mol. The van der Waals surface area contributed by atoms with Crippen LogP contribution in [0.4, 0.5) is 5.69 Å². The van der Waals surface area contributed by atoms with Crippen LogP contribution in [0.25, 0.3) is 28.0 Å². The van der Waals surface area contributed by atoms with Crippen LogP contribution < -0.4 is 4.90 Å². The van der Waals surface area contributed by atoms with E-state index < -0.39 is 0 Å². The van der Waals surface area contributed by atoms with Crippen molar-refractivity contribution in [2.75, 3.05) is 32.1 Å². The highest BCUT2D eigenvalue weighted by atomic mass is 15.4.